The molecule has 0 aliphatic heterocycles. The lowest BCUT2D eigenvalue weighted by Gasteiger charge is -2.45. The van der Waals surface area contributed by atoms with Crippen LogP contribution in [0, 0.1) is 0 Å². The number of hydrogen-bond donors (Lipinski definition) is 1. The van der Waals surface area contributed by atoms with Crippen molar-refractivity contribution in [2.75, 3.05) is 6.61 Å². The van der Waals surface area contributed by atoms with Crippen molar-refractivity contribution in [1.29, 1.82) is 0 Å². The minimum absolute atomic E-state index is 0.136. The van der Waals surface area contributed by atoms with Gasteiger partial charge in [-0.05, 0) is 36.6 Å². The molecule has 1 aliphatic rings. The monoisotopic (exact) mass is 338 g/mol. The predicted molar refractivity (Wildman–Crippen MR) is 80.5 cm³/mol. The van der Waals surface area contributed by atoms with Crippen LogP contribution in [0.3, 0.4) is 0 Å². The van der Waals surface area contributed by atoms with Crippen molar-refractivity contribution in [3.05, 3.63) is 54.1 Å². The van der Waals surface area contributed by atoms with E-state index in [0.717, 1.165) is 24.8 Å². The summed E-state index contributed by atoms with van der Waals surface area (Å²) in [6, 6.07) is 8.14. The van der Waals surface area contributed by atoms with Crippen molar-refractivity contribution in [3.8, 4) is 5.75 Å². The average molecular weight is 338 g/mol. The summed E-state index contributed by atoms with van der Waals surface area (Å²) in [7, 11) is 0. The standard InChI is InChI=1S/C17H17F3N2O2/c18-17(19,20)11-24-13-5-1-4-12(10-13)16(6-2-7-16)14(23)15-21-8-3-9-22-15/h1,3-5,8-10,14,23H,2,6-7,11H2. The molecule has 1 aromatic carbocycles. The molecule has 0 radical (unpaired) electrons. The molecule has 1 atom stereocenters. The number of alkyl halides is 3. The van der Waals surface area contributed by atoms with Gasteiger partial charge in [-0.25, -0.2) is 9.97 Å². The first-order chi connectivity index (χ1) is 11.4. The van der Waals surface area contributed by atoms with E-state index < -0.39 is 24.3 Å². The van der Waals surface area contributed by atoms with E-state index in [1.54, 1.807) is 36.7 Å². The second-order valence-electron chi connectivity index (χ2n) is 5.95. The Bertz CT molecular complexity index is 688. The first-order valence-electron chi connectivity index (χ1n) is 7.66. The summed E-state index contributed by atoms with van der Waals surface area (Å²) in [6.07, 6.45) is 0.176. The summed E-state index contributed by atoms with van der Waals surface area (Å²) in [5.74, 6) is 0.455. The van der Waals surface area contributed by atoms with Gasteiger partial charge in [0.2, 0.25) is 0 Å². The average Bonchev–Trinajstić information content (AvgIpc) is 2.52. The second-order valence-corrected chi connectivity index (χ2v) is 5.95. The van der Waals surface area contributed by atoms with Gasteiger partial charge in [0.15, 0.2) is 12.4 Å². The highest BCUT2D eigenvalue weighted by atomic mass is 19.4. The van der Waals surface area contributed by atoms with Crippen molar-refractivity contribution < 1.29 is 23.0 Å². The van der Waals surface area contributed by atoms with Gasteiger partial charge in [-0.15, -0.1) is 0 Å². The fourth-order valence-electron chi connectivity index (χ4n) is 3.04. The molecule has 7 heteroatoms. The Morgan fingerprint density at radius 1 is 1.17 bits per heavy atom. The number of nitrogens with zero attached hydrogens (tertiary/aromatic N) is 2. The third-order valence-corrected chi connectivity index (χ3v) is 4.41. The molecule has 1 saturated carbocycles. The van der Waals surface area contributed by atoms with E-state index in [2.05, 4.69) is 9.97 Å². The van der Waals surface area contributed by atoms with Crippen LogP contribution in [0.25, 0.3) is 0 Å². The second kappa shape index (κ2) is 6.39. The maximum absolute atomic E-state index is 12.3. The molecule has 128 valence electrons. The van der Waals surface area contributed by atoms with E-state index >= 15 is 0 Å². The number of halogens is 3. The minimum atomic E-state index is -4.39. The van der Waals surface area contributed by atoms with Crippen LogP contribution >= 0.6 is 0 Å². The van der Waals surface area contributed by atoms with E-state index in [1.165, 1.54) is 6.07 Å². The molecule has 1 heterocycles. The number of hydrogen-bond acceptors (Lipinski definition) is 4. The normalized spacial score (nSPS) is 17.8. The van der Waals surface area contributed by atoms with Crippen molar-refractivity contribution in [3.63, 3.8) is 0 Å². The Labute approximate surface area is 137 Å². The Balaban J connectivity index is 1.85. The Morgan fingerprint density at radius 2 is 1.88 bits per heavy atom. The molecule has 0 amide bonds. The number of benzene rings is 1. The molecule has 3 rings (SSSR count). The number of aliphatic hydroxyl groups excluding tert-OH is 1. The van der Waals surface area contributed by atoms with Gasteiger partial charge >= 0.3 is 6.18 Å². The molecule has 0 spiro atoms. The summed E-state index contributed by atoms with van der Waals surface area (Å²) < 4.78 is 41.8. The third-order valence-electron chi connectivity index (χ3n) is 4.41. The molecular weight excluding hydrogens is 321 g/mol. The van der Waals surface area contributed by atoms with Crippen LogP contribution in [0.4, 0.5) is 13.2 Å². The Kier molecular flexibility index (Phi) is 4.45. The molecule has 1 fully saturated rings. The molecule has 1 unspecified atom stereocenters. The molecule has 2 aromatic rings. The van der Waals surface area contributed by atoms with Gasteiger partial charge in [-0.2, -0.15) is 13.2 Å². The zero-order valence-corrected chi connectivity index (χ0v) is 12.8. The summed E-state index contributed by atoms with van der Waals surface area (Å²) in [4.78, 5) is 8.20. The van der Waals surface area contributed by atoms with Crippen LogP contribution in [0.2, 0.25) is 0 Å². The fourth-order valence-corrected chi connectivity index (χ4v) is 3.04. The molecular formula is C17H17F3N2O2. The minimum Gasteiger partial charge on any atom is -0.484 e. The van der Waals surface area contributed by atoms with E-state index in [1.807, 2.05) is 0 Å². The Morgan fingerprint density at radius 3 is 2.46 bits per heavy atom. The van der Waals surface area contributed by atoms with Crippen LogP contribution in [0.5, 0.6) is 5.75 Å². The van der Waals surface area contributed by atoms with E-state index in [4.69, 9.17) is 4.74 Å². The lowest BCUT2D eigenvalue weighted by molar-refractivity contribution is -0.153. The van der Waals surface area contributed by atoms with E-state index in [0.29, 0.717) is 5.82 Å². The van der Waals surface area contributed by atoms with Gasteiger partial charge in [-0.1, -0.05) is 18.6 Å². The van der Waals surface area contributed by atoms with Crippen LogP contribution in [-0.4, -0.2) is 27.9 Å². The van der Waals surface area contributed by atoms with Crippen LogP contribution in [0.15, 0.2) is 42.7 Å². The summed E-state index contributed by atoms with van der Waals surface area (Å²) >= 11 is 0. The highest BCUT2D eigenvalue weighted by molar-refractivity contribution is 5.37. The SMILES string of the molecule is OC(c1ncccn1)C1(c2cccc(OCC(F)(F)F)c2)CCC1. The van der Waals surface area contributed by atoms with Crippen molar-refractivity contribution in [2.45, 2.75) is 37.0 Å². The summed E-state index contributed by atoms with van der Waals surface area (Å²) in [6.45, 7) is -1.34. The predicted octanol–water partition coefficient (Wildman–Crippen LogP) is 3.57. The van der Waals surface area contributed by atoms with Gasteiger partial charge < -0.3 is 9.84 Å². The quantitative estimate of drug-likeness (QED) is 0.905. The number of ether oxygens (including phenoxy) is 1. The van der Waals surface area contributed by atoms with Gasteiger partial charge in [0.1, 0.15) is 11.9 Å². The van der Waals surface area contributed by atoms with Gasteiger partial charge in [0.25, 0.3) is 0 Å². The number of aromatic nitrogens is 2. The number of rotatable bonds is 5. The van der Waals surface area contributed by atoms with Gasteiger partial charge in [0, 0.05) is 17.8 Å². The topological polar surface area (TPSA) is 55.2 Å². The highest BCUT2D eigenvalue weighted by Crippen LogP contribution is 2.52. The van der Waals surface area contributed by atoms with Crippen LogP contribution < -0.4 is 4.74 Å². The smallest absolute Gasteiger partial charge is 0.422 e. The van der Waals surface area contributed by atoms with E-state index in [-0.39, 0.29) is 5.75 Å². The van der Waals surface area contributed by atoms with Gasteiger partial charge in [0.05, 0.1) is 0 Å². The fraction of sp³-hybridized carbons (Fsp3) is 0.412. The summed E-state index contributed by atoms with van der Waals surface area (Å²) in [5.41, 5.74) is 0.159. The highest BCUT2D eigenvalue weighted by Gasteiger charge is 2.47. The lowest BCUT2D eigenvalue weighted by atomic mass is 9.61. The van der Waals surface area contributed by atoms with Gasteiger partial charge in [-0.3, -0.25) is 0 Å². The first-order valence-corrected chi connectivity index (χ1v) is 7.66. The maximum atomic E-state index is 12.3. The zero-order chi connectivity index (χ0) is 17.2. The molecule has 24 heavy (non-hydrogen) atoms. The lowest BCUT2D eigenvalue weighted by Crippen LogP contribution is -2.41. The number of aliphatic hydroxyl groups is 1. The molecule has 0 saturated heterocycles. The first kappa shape index (κ1) is 16.7. The Hall–Kier alpha value is -2.15. The van der Waals surface area contributed by atoms with Crippen molar-refractivity contribution in [1.82, 2.24) is 9.97 Å². The van der Waals surface area contributed by atoms with Crippen molar-refractivity contribution in [2.24, 2.45) is 0 Å². The molecule has 1 aromatic heterocycles. The zero-order valence-electron chi connectivity index (χ0n) is 12.8. The summed E-state index contributed by atoms with van der Waals surface area (Å²) in [5, 5.41) is 10.7. The molecule has 4 nitrogen and oxygen atoms in total. The largest absolute Gasteiger partial charge is 0.484 e. The van der Waals surface area contributed by atoms with Crippen LogP contribution in [0.1, 0.15) is 36.8 Å². The molecule has 0 bridgehead atoms. The van der Waals surface area contributed by atoms with Crippen molar-refractivity contribution >= 4 is 0 Å². The van der Waals surface area contributed by atoms with E-state index in [9.17, 15) is 18.3 Å². The third kappa shape index (κ3) is 3.36. The maximum Gasteiger partial charge on any atom is 0.422 e. The molecule has 1 N–H and O–H groups in total. The molecule has 1 aliphatic carbocycles. The van der Waals surface area contributed by atoms with Crippen LogP contribution in [-0.2, 0) is 5.41 Å².